The third-order valence-electron chi connectivity index (χ3n) is 7.65. The van der Waals surface area contributed by atoms with E-state index in [2.05, 4.69) is 15.4 Å². The van der Waals surface area contributed by atoms with Gasteiger partial charge in [0.1, 0.15) is 24.4 Å². The van der Waals surface area contributed by atoms with E-state index in [4.69, 9.17) is 5.73 Å². The van der Waals surface area contributed by atoms with Gasteiger partial charge in [-0.3, -0.25) is 19.3 Å². The van der Waals surface area contributed by atoms with Crippen LogP contribution < -0.4 is 11.1 Å². The van der Waals surface area contributed by atoms with Gasteiger partial charge in [0.25, 0.3) is 0 Å². The molecule has 0 bridgehead atoms. The standard InChI is InChI=1S/C31H29F6N5O2/c1-2-25-27(17-5-6-17)29(31(35,36)37)41-42(25)15-26(43)40-24(12-16-10-19(32)14-20(33)11-16)28-21(4-3-9-39-28)18-7-8-23(34)22(13-18)30(38)44/h3-4,7-11,13-14,17,22-24H,2,5-6,12,15H2,1H3,(H2,38,44)(H,40,43)/t22?,23?,24-/m0/s1. The van der Waals surface area contributed by atoms with Crippen LogP contribution in [-0.2, 0) is 35.2 Å². The first-order valence-electron chi connectivity index (χ1n) is 14.1. The van der Waals surface area contributed by atoms with E-state index >= 15 is 0 Å². The maximum Gasteiger partial charge on any atom is 0.435 e. The molecule has 3 aromatic rings. The lowest BCUT2D eigenvalue weighted by Gasteiger charge is -2.24. The third kappa shape index (κ3) is 6.71. The van der Waals surface area contributed by atoms with Crippen LogP contribution in [0.1, 0.15) is 65.5 Å². The third-order valence-corrected chi connectivity index (χ3v) is 7.65. The predicted octanol–water partition coefficient (Wildman–Crippen LogP) is 5.51. The highest BCUT2D eigenvalue weighted by molar-refractivity contribution is 5.86. The lowest BCUT2D eigenvalue weighted by molar-refractivity contribution is -0.142. The molecule has 2 aliphatic carbocycles. The van der Waals surface area contributed by atoms with Gasteiger partial charge in [-0.1, -0.05) is 25.1 Å². The zero-order valence-corrected chi connectivity index (χ0v) is 23.5. The molecule has 2 unspecified atom stereocenters. The Labute approximate surface area is 248 Å². The van der Waals surface area contributed by atoms with Gasteiger partial charge in [0.2, 0.25) is 11.8 Å². The van der Waals surface area contributed by atoms with Crippen molar-refractivity contribution in [1.82, 2.24) is 20.1 Å². The van der Waals surface area contributed by atoms with Gasteiger partial charge in [0.05, 0.1) is 17.7 Å². The molecule has 1 aromatic carbocycles. The summed E-state index contributed by atoms with van der Waals surface area (Å²) in [5.74, 6) is -4.83. The SMILES string of the molecule is CCc1c(C2CC2)c(C(F)(F)F)nn1CC(=O)N[C@@H](Cc1cc(F)cc(F)c1)c1ncccc1C1=CC(C(N)=O)C(F)C=C1. The molecule has 0 aliphatic heterocycles. The summed E-state index contributed by atoms with van der Waals surface area (Å²) >= 11 is 0. The van der Waals surface area contributed by atoms with Crippen molar-refractivity contribution in [3.05, 3.63) is 100 Å². The summed E-state index contributed by atoms with van der Waals surface area (Å²) in [7, 11) is 0. The molecule has 2 amide bonds. The Bertz CT molecular complexity index is 1620. The number of carbonyl (C=O) groups is 2. The molecule has 3 atom stereocenters. The van der Waals surface area contributed by atoms with E-state index in [0.717, 1.165) is 22.9 Å². The number of halogens is 6. The Morgan fingerprint density at radius 1 is 1.16 bits per heavy atom. The zero-order chi connectivity index (χ0) is 31.8. The van der Waals surface area contributed by atoms with Crippen LogP contribution in [0.5, 0.6) is 0 Å². The van der Waals surface area contributed by atoms with E-state index in [9.17, 15) is 35.9 Å². The summed E-state index contributed by atoms with van der Waals surface area (Å²) in [5, 5.41) is 6.53. The molecule has 5 rings (SSSR count). The minimum absolute atomic E-state index is 0.109. The van der Waals surface area contributed by atoms with Crippen molar-refractivity contribution in [2.45, 2.75) is 63.5 Å². The molecule has 232 valence electrons. The number of benzene rings is 1. The number of alkyl halides is 4. The summed E-state index contributed by atoms with van der Waals surface area (Å²) in [6.07, 6.45) is 0.273. The van der Waals surface area contributed by atoms with Crippen LogP contribution >= 0.6 is 0 Å². The van der Waals surface area contributed by atoms with Crippen LogP contribution in [0.3, 0.4) is 0 Å². The molecule has 13 heteroatoms. The molecule has 2 aromatic heterocycles. The van der Waals surface area contributed by atoms with Crippen molar-refractivity contribution in [1.29, 1.82) is 0 Å². The fourth-order valence-electron chi connectivity index (χ4n) is 5.60. The van der Waals surface area contributed by atoms with Crippen LogP contribution in [0.15, 0.2) is 54.8 Å². The van der Waals surface area contributed by atoms with Crippen LogP contribution in [0.4, 0.5) is 26.3 Å². The monoisotopic (exact) mass is 617 g/mol. The first kappa shape index (κ1) is 31.0. The normalized spacial score (nSPS) is 19.0. The molecule has 1 fully saturated rings. The van der Waals surface area contributed by atoms with Gasteiger partial charge in [0.15, 0.2) is 5.69 Å². The Balaban J connectivity index is 1.51. The van der Waals surface area contributed by atoms with E-state index in [1.54, 1.807) is 19.1 Å². The Morgan fingerprint density at radius 2 is 1.86 bits per heavy atom. The molecule has 3 N–H and O–H groups in total. The van der Waals surface area contributed by atoms with Gasteiger partial charge in [-0.05, 0) is 67.0 Å². The maximum atomic E-state index is 14.4. The van der Waals surface area contributed by atoms with Crippen molar-refractivity contribution < 1.29 is 35.9 Å². The Kier molecular flexibility index (Phi) is 8.66. The average Bonchev–Trinajstić information content (AvgIpc) is 3.72. The molecule has 0 spiro atoms. The number of nitrogens with two attached hydrogens (primary N) is 1. The van der Waals surface area contributed by atoms with E-state index in [0.29, 0.717) is 35.7 Å². The van der Waals surface area contributed by atoms with Crippen LogP contribution in [0, 0.1) is 17.6 Å². The Morgan fingerprint density at radius 3 is 2.48 bits per heavy atom. The molecule has 1 saturated carbocycles. The molecule has 0 radical (unpaired) electrons. The quantitative estimate of drug-likeness (QED) is 0.293. The fraction of sp³-hybridized carbons (Fsp3) is 0.355. The second-order valence-electron chi connectivity index (χ2n) is 10.9. The van der Waals surface area contributed by atoms with Crippen LogP contribution in [0.2, 0.25) is 0 Å². The lowest BCUT2D eigenvalue weighted by Crippen LogP contribution is -2.34. The van der Waals surface area contributed by atoms with E-state index in [1.165, 1.54) is 18.3 Å². The molecule has 0 saturated heterocycles. The first-order valence-corrected chi connectivity index (χ1v) is 14.1. The van der Waals surface area contributed by atoms with E-state index in [-0.39, 0.29) is 35.6 Å². The minimum Gasteiger partial charge on any atom is -0.369 e. The molecule has 7 nitrogen and oxygen atoms in total. The number of amides is 2. The van der Waals surface area contributed by atoms with E-state index < -0.39 is 60.0 Å². The number of allylic oxidation sites excluding steroid dienone is 3. The van der Waals surface area contributed by atoms with E-state index in [1.807, 2.05) is 0 Å². The van der Waals surface area contributed by atoms with Crippen molar-refractivity contribution in [3.8, 4) is 0 Å². The summed E-state index contributed by atoms with van der Waals surface area (Å²) in [6, 6.07) is 5.00. The largest absolute Gasteiger partial charge is 0.435 e. The number of nitrogens with one attached hydrogen (secondary N) is 1. The molecular formula is C31H29F6N5O2. The fourth-order valence-corrected chi connectivity index (χ4v) is 5.60. The highest BCUT2D eigenvalue weighted by Gasteiger charge is 2.43. The Hall–Kier alpha value is -4.42. The average molecular weight is 618 g/mol. The van der Waals surface area contributed by atoms with Crippen LogP contribution in [0.25, 0.3) is 5.57 Å². The zero-order valence-electron chi connectivity index (χ0n) is 23.5. The molecule has 44 heavy (non-hydrogen) atoms. The minimum atomic E-state index is -4.70. The topological polar surface area (TPSA) is 103 Å². The number of rotatable bonds is 10. The molecule has 2 heterocycles. The van der Waals surface area contributed by atoms with Gasteiger partial charge < -0.3 is 11.1 Å². The molecular weight excluding hydrogens is 588 g/mol. The number of pyridine rings is 1. The van der Waals surface area contributed by atoms with Gasteiger partial charge in [-0.25, -0.2) is 13.2 Å². The van der Waals surface area contributed by atoms with Crippen molar-refractivity contribution in [2.75, 3.05) is 0 Å². The molecule has 2 aliphatic rings. The van der Waals surface area contributed by atoms with Crippen molar-refractivity contribution >= 4 is 17.4 Å². The van der Waals surface area contributed by atoms with Gasteiger partial charge >= 0.3 is 6.18 Å². The number of aromatic nitrogens is 3. The summed E-state index contributed by atoms with van der Waals surface area (Å²) < 4.78 is 85.2. The van der Waals surface area contributed by atoms with Gasteiger partial charge in [0, 0.05) is 29.1 Å². The van der Waals surface area contributed by atoms with Gasteiger partial charge in [-0.15, -0.1) is 0 Å². The highest BCUT2D eigenvalue weighted by Crippen LogP contribution is 2.47. The second kappa shape index (κ2) is 12.3. The number of primary amides is 1. The van der Waals surface area contributed by atoms with Gasteiger partial charge in [-0.2, -0.15) is 18.3 Å². The summed E-state index contributed by atoms with van der Waals surface area (Å²) in [4.78, 5) is 29.7. The predicted molar refractivity (Wildman–Crippen MR) is 148 cm³/mol. The van der Waals surface area contributed by atoms with Crippen molar-refractivity contribution in [3.63, 3.8) is 0 Å². The summed E-state index contributed by atoms with van der Waals surface area (Å²) in [6.45, 7) is 1.14. The van der Waals surface area contributed by atoms with Crippen LogP contribution in [-0.4, -0.2) is 32.8 Å². The number of nitrogens with zero attached hydrogens (tertiary/aromatic N) is 3. The highest BCUT2D eigenvalue weighted by atomic mass is 19.4. The number of hydrogen-bond donors (Lipinski definition) is 2. The number of hydrogen-bond acceptors (Lipinski definition) is 4. The number of carbonyl (C=O) groups excluding carboxylic acids is 2. The smallest absolute Gasteiger partial charge is 0.369 e. The first-order chi connectivity index (χ1) is 20.8. The van der Waals surface area contributed by atoms with Crippen molar-refractivity contribution in [2.24, 2.45) is 11.7 Å². The summed E-state index contributed by atoms with van der Waals surface area (Å²) in [5.41, 5.74) is 5.93. The lowest BCUT2D eigenvalue weighted by atomic mass is 9.88. The maximum absolute atomic E-state index is 14.4. The second-order valence-corrected chi connectivity index (χ2v) is 10.9.